The van der Waals surface area contributed by atoms with Crippen molar-refractivity contribution in [3.8, 4) is 89.7 Å². The van der Waals surface area contributed by atoms with E-state index in [1.807, 2.05) is 0 Å². The summed E-state index contributed by atoms with van der Waals surface area (Å²) in [6, 6.07) is 47.9. The Kier molecular flexibility index (Phi) is 10.2. The Labute approximate surface area is 904 Å². The van der Waals surface area contributed by atoms with E-state index in [4.69, 9.17) is 113 Å². The number of fused-ring (bicyclic) bond motifs is 24. The van der Waals surface area contributed by atoms with Crippen LogP contribution in [0.25, 0.3) is 178 Å². The number of benzene rings is 8. The van der Waals surface area contributed by atoms with Crippen molar-refractivity contribution < 1.29 is 126 Å². The third-order valence-electron chi connectivity index (χ3n) is 27.1. The predicted octanol–water partition coefficient (Wildman–Crippen LogP) is 30.9. The summed E-state index contributed by atoms with van der Waals surface area (Å²) in [6.07, 6.45) is 1.64. The zero-order valence-electron chi connectivity index (χ0n) is 141. The van der Waals surface area contributed by atoms with Crippen LogP contribution in [0.3, 0.4) is 0 Å². The molecule has 12 heteroatoms. The van der Waals surface area contributed by atoms with Gasteiger partial charge in [-0.3, -0.25) is 4.98 Å². The standard InChI is InChI=1S/C33H35N2O.3C31H31N2O/c1-8-33(9-2)27-13-11-10-12-22(27)25-16-26-23-15-14-20(5)29(30(23)36-32(26)34-31(25)33)28-17-24(19(3)4)21(6)18-35(28)7;1-17(2)22-14-26(33(7)16-19(22)4)28-18(3)10-11-20-24-13-23-21-9-8-12-32-30(21)31(5,6)25(23)15-27(24)34-29(20)28;1-17(2)22-15-26(33(7)16-19(22)4)27-18(3)12-13-20-23-14-25-28(32-30(23)34-29(20)27)21-10-8-9-11-24(21)31(25,5)6;1-17(2)22-15-26(33(7)16-19(22)4)27-18(3)12-13-21-24-14-23-20-10-8-9-11-25(20)31(5,6)29(23)32-30(24)34-28(21)27/h10-19H,8-9H2,1-7H3;3*8-17H,1-7H3/q4*+1/i1D3,2D3,3D3,4D3,6D3,8D2,19D;3*1D3,2D3,4D3,5D3,6D3,17D. The van der Waals surface area contributed by atoms with Gasteiger partial charge in [0.25, 0.3) is 0 Å². The molecule has 4 aliphatic carbocycles. The van der Waals surface area contributed by atoms with Crippen LogP contribution in [0.1, 0.15) is 348 Å². The van der Waals surface area contributed by atoms with E-state index in [1.54, 1.807) is 161 Å². The van der Waals surface area contributed by atoms with E-state index in [9.17, 15) is 0 Å². The topological polar surface area (TPSA) is 120 Å². The van der Waals surface area contributed by atoms with Crippen LogP contribution >= 0.6 is 0 Å². The maximum absolute atomic E-state index is 9.04. The van der Waals surface area contributed by atoms with Crippen LogP contribution < -0.4 is 18.3 Å². The predicted molar refractivity (Wildman–Crippen MR) is 566 cm³/mol. The number of hydrogen-bond acceptors (Lipinski definition) is 8. The van der Waals surface area contributed by atoms with Gasteiger partial charge < -0.3 is 17.7 Å². The van der Waals surface area contributed by atoms with Crippen LogP contribution in [0.2, 0.25) is 0 Å². The largest absolute Gasteiger partial charge is 0.455 e. The molecule has 20 aromatic rings. The lowest BCUT2D eigenvalue weighted by atomic mass is 9.76. The Bertz CT molecular complexity index is 10900. The summed E-state index contributed by atoms with van der Waals surface area (Å²) < 4.78 is 579. The van der Waals surface area contributed by atoms with Gasteiger partial charge in [-0.2, -0.15) is 0 Å². The summed E-state index contributed by atoms with van der Waals surface area (Å²) in [7, 11) is 5.92. The van der Waals surface area contributed by atoms with E-state index in [1.165, 1.54) is 83.0 Å². The molecule has 12 heterocycles. The van der Waals surface area contributed by atoms with Gasteiger partial charge in [0, 0.05) is 230 Å². The molecule has 1 atom stereocenters. The minimum Gasteiger partial charge on any atom is -0.455 e. The second-order valence-corrected chi connectivity index (χ2v) is 35.4. The van der Waals surface area contributed by atoms with Crippen LogP contribution in [0.5, 0.6) is 0 Å². The number of rotatable bonds is 10. The van der Waals surface area contributed by atoms with Crippen molar-refractivity contribution in [3.63, 3.8) is 0 Å². The van der Waals surface area contributed by atoms with Crippen molar-refractivity contribution in [1.29, 1.82) is 0 Å². The van der Waals surface area contributed by atoms with Gasteiger partial charge in [0.1, 0.15) is 39.4 Å². The third-order valence-corrected chi connectivity index (χ3v) is 27.1. The van der Waals surface area contributed by atoms with E-state index in [-0.39, 0.29) is 129 Å². The molecule has 8 aromatic carbocycles. The molecule has 24 rings (SSSR count). The van der Waals surface area contributed by atoms with Gasteiger partial charge in [-0.05, 0) is 217 Å². The van der Waals surface area contributed by atoms with Crippen molar-refractivity contribution in [2.24, 2.45) is 28.2 Å². The van der Waals surface area contributed by atoms with Gasteiger partial charge in [-0.15, -0.1) is 0 Å². The molecule has 0 N–H and O–H groups in total. The molecule has 0 radical (unpaired) electrons. The highest BCUT2D eigenvalue weighted by Gasteiger charge is 2.45. The highest BCUT2D eigenvalue weighted by Crippen LogP contribution is 2.57. The lowest BCUT2D eigenvalue weighted by Crippen LogP contribution is -2.32. The van der Waals surface area contributed by atoms with Crippen molar-refractivity contribution in [2.75, 3.05) is 0 Å². The monoisotopic (exact) mass is 1880 g/mol. The average Bonchev–Trinajstić information content (AvgIpc) is 1.51. The summed E-state index contributed by atoms with van der Waals surface area (Å²) in [5.74, 6) is -13.4. The fourth-order valence-electron chi connectivity index (χ4n) is 20.3. The van der Waals surface area contributed by atoms with Crippen LogP contribution in [-0.2, 0) is 49.9 Å². The van der Waals surface area contributed by atoms with Gasteiger partial charge >= 0.3 is 0 Å². The van der Waals surface area contributed by atoms with Crippen molar-refractivity contribution >= 4 is 88.1 Å². The Morgan fingerprint density at radius 2 is 0.710 bits per heavy atom. The summed E-state index contributed by atoms with van der Waals surface area (Å²) in [5.41, 5.74) is -8.35. The summed E-state index contributed by atoms with van der Waals surface area (Å²) in [6.45, 7) is -57.5. The number of aromatic nitrogens is 8. The number of nitrogens with zero attached hydrogens (tertiary/aromatic N) is 8. The van der Waals surface area contributed by atoms with Gasteiger partial charge in [-0.25, -0.2) is 33.2 Å². The minimum absolute atomic E-state index is 0.0137. The molecule has 4 aliphatic rings. The molecule has 0 fully saturated rings. The summed E-state index contributed by atoms with van der Waals surface area (Å²) in [5, 5.41) is 3.32. The molecule has 0 aliphatic heterocycles. The lowest BCUT2D eigenvalue weighted by Gasteiger charge is -2.28. The number of hydrogen-bond donors (Lipinski definition) is 0. The van der Waals surface area contributed by atoms with Crippen molar-refractivity contribution in [2.45, 2.75) is 223 Å². The molecular weight excluding hydrogens is 1690 g/mol. The Hall–Kier alpha value is -13.8. The highest BCUT2D eigenvalue weighted by molar-refractivity contribution is 6.15. The molecule has 0 bridgehead atoms. The first-order valence-electron chi connectivity index (χ1n) is 76.6. The van der Waals surface area contributed by atoms with E-state index >= 15 is 0 Å². The minimum atomic E-state index is -3.50. The second kappa shape index (κ2) is 33.0. The van der Waals surface area contributed by atoms with Gasteiger partial charge in [0.05, 0.1) is 45.0 Å². The Balaban J connectivity index is 0.000000149. The molecule has 12 nitrogen and oxygen atoms in total. The number of pyridine rings is 8. The van der Waals surface area contributed by atoms with Crippen LogP contribution in [-0.4, -0.2) is 19.9 Å². The fourth-order valence-corrected chi connectivity index (χ4v) is 20.3. The highest BCUT2D eigenvalue weighted by atomic mass is 16.4. The van der Waals surface area contributed by atoms with Gasteiger partial charge in [0.15, 0.2) is 41.5 Å². The first-order chi connectivity index (χ1) is 92.5. The number of aryl methyl sites for hydroxylation is 12. The Morgan fingerprint density at radius 3 is 1.16 bits per heavy atom. The second-order valence-electron chi connectivity index (χ2n) is 35.4. The maximum atomic E-state index is 9.04. The zero-order valence-corrected chi connectivity index (χ0v) is 75.2. The molecule has 138 heavy (non-hydrogen) atoms. The average molecular weight is 1880 g/mol. The van der Waals surface area contributed by atoms with E-state index in [2.05, 4.69) is 15.0 Å². The molecule has 692 valence electrons. The molecule has 0 amide bonds. The van der Waals surface area contributed by atoms with E-state index in [0.29, 0.717) is 116 Å². The maximum Gasteiger partial charge on any atom is 0.227 e. The molecule has 12 aromatic heterocycles. The normalized spacial score (nSPS) is 24.2. The molecule has 1 unspecified atom stereocenters. The smallest absolute Gasteiger partial charge is 0.227 e. The third kappa shape index (κ3) is 13.8. The first-order valence-corrected chi connectivity index (χ1v) is 43.6. The van der Waals surface area contributed by atoms with Crippen molar-refractivity contribution in [1.82, 2.24) is 19.9 Å². The van der Waals surface area contributed by atoms with Crippen molar-refractivity contribution in [3.05, 3.63) is 331 Å². The summed E-state index contributed by atoms with van der Waals surface area (Å²) >= 11 is 0. The molecular formula is C126H128N8O4+4. The van der Waals surface area contributed by atoms with Gasteiger partial charge in [0.2, 0.25) is 39.9 Å². The lowest BCUT2D eigenvalue weighted by molar-refractivity contribution is -0.660. The SMILES string of the molecule is [2H]C([2H])([2H])CC1(C([2H])([2H])C([2H])([2H])[2H])c2ccccc2-c2cc3c(nc21)oc1c(-c2cc(C([2H])(C([2H])([2H])[2H])C([2H])([2H])[2H])c(C([2H])([2H])[2H])c[n+]2C)c(C)ccc13.[2H]C([2H])([2H])c1c[n+](C)c(-c2c(C)ccc3c2oc2cc4c(cc23)-c2cccnc2C4(C([2H])([2H])[2H])C([2H])([2H])[2H])cc1C([2H])(C([2H])([2H])[2H])C([2H])([2H])[2H].[2H]C([2H])([2H])c1c[n+](C)c(-c2c(C)ccc3c2oc2nc4c(cc23)-c2ccccc2C4(C([2H])([2H])[2H])C([2H])([2H])[2H])cc1C([2H])(C([2H])([2H])[2H])C([2H])([2H])[2H].[2H]C([2H])([2H])c1c[n+](C)c(-c2c(C)ccc3c2oc2nc4c(cc23)C(C([2H])([2H])[2H])(C([2H])([2H])[2H])c2ccccc2-4)cc1C([2H])(C([2H])([2H])[2H])C([2H])([2H])[2H]. The number of furan rings is 4. The first kappa shape index (κ1) is 42.6. The molecule has 0 saturated carbocycles. The van der Waals surface area contributed by atoms with Crippen LogP contribution in [0.15, 0.2) is 237 Å². The molecule has 0 spiro atoms. The summed E-state index contributed by atoms with van der Waals surface area (Å²) in [4.78, 5) is 18.3. The zero-order chi connectivity index (χ0) is 153. The quantitative estimate of drug-likeness (QED) is 0.124. The van der Waals surface area contributed by atoms with E-state index in [0.717, 1.165) is 49.1 Å². The van der Waals surface area contributed by atoms with Crippen LogP contribution in [0, 0.1) is 55.1 Å². The van der Waals surface area contributed by atoms with Gasteiger partial charge in [-0.1, -0.05) is 237 Å². The van der Waals surface area contributed by atoms with Crippen LogP contribution in [0.4, 0.5) is 0 Å². The van der Waals surface area contributed by atoms with E-state index < -0.39 is 240 Å². The molecule has 0 saturated heterocycles. The Morgan fingerprint density at radius 1 is 0.326 bits per heavy atom. The fraction of sp³-hybridized carbons (Fsp3) is 0.302.